The molecule has 0 spiro atoms. The van der Waals surface area contributed by atoms with E-state index >= 15 is 0 Å². The van der Waals surface area contributed by atoms with E-state index in [-0.39, 0.29) is 17.6 Å². The molecule has 0 aromatic carbocycles. The monoisotopic (exact) mass is 212 g/mol. The Bertz CT molecular complexity index is 203. The van der Waals surface area contributed by atoms with Crippen molar-refractivity contribution >= 4 is 0 Å². The largest absolute Gasteiger partial charge is 0.376 e. The van der Waals surface area contributed by atoms with Gasteiger partial charge in [0.25, 0.3) is 0 Å². The first-order valence-electron chi connectivity index (χ1n) is 5.65. The van der Waals surface area contributed by atoms with Gasteiger partial charge in [-0.15, -0.1) is 0 Å². The zero-order valence-corrected chi connectivity index (χ0v) is 9.62. The third kappa shape index (κ3) is 2.92. The lowest BCUT2D eigenvalue weighted by molar-refractivity contribution is -0.229. The van der Waals surface area contributed by atoms with E-state index < -0.39 is 0 Å². The van der Waals surface area contributed by atoms with E-state index in [4.69, 9.17) is 14.2 Å². The fraction of sp³-hybridized carbons (Fsp3) is 0.833. The lowest BCUT2D eigenvalue weighted by Crippen LogP contribution is -2.44. The molecule has 0 N–H and O–H groups in total. The van der Waals surface area contributed by atoms with E-state index in [2.05, 4.69) is 20.8 Å². The van der Waals surface area contributed by atoms with E-state index in [0.29, 0.717) is 13.2 Å². The summed E-state index contributed by atoms with van der Waals surface area (Å²) in [5.74, 6) is 0. The summed E-state index contributed by atoms with van der Waals surface area (Å²) in [4.78, 5) is 0. The topological polar surface area (TPSA) is 27.7 Å². The molecule has 0 aromatic rings. The highest BCUT2D eigenvalue weighted by Gasteiger charge is 2.37. The normalized spacial score (nSPS) is 33.0. The van der Waals surface area contributed by atoms with Crippen LogP contribution in [0, 0.1) is 18.6 Å². The molecule has 0 aliphatic carbocycles. The van der Waals surface area contributed by atoms with Crippen LogP contribution >= 0.6 is 0 Å². The molecule has 0 saturated carbocycles. The predicted molar refractivity (Wildman–Crippen MR) is 56.8 cm³/mol. The first-order chi connectivity index (χ1) is 7.09. The minimum atomic E-state index is 0.155. The first kappa shape index (κ1) is 11.4. The lowest BCUT2D eigenvalue weighted by Gasteiger charge is -2.40. The summed E-state index contributed by atoms with van der Waals surface area (Å²) in [6.45, 7) is 9.71. The van der Waals surface area contributed by atoms with Gasteiger partial charge in [-0.25, -0.2) is 0 Å². The van der Waals surface area contributed by atoms with Crippen molar-refractivity contribution in [2.24, 2.45) is 5.41 Å². The van der Waals surface area contributed by atoms with Gasteiger partial charge in [-0.05, 0) is 11.8 Å². The van der Waals surface area contributed by atoms with Crippen LogP contribution in [-0.4, -0.2) is 25.4 Å². The minimum Gasteiger partial charge on any atom is -0.376 e. The van der Waals surface area contributed by atoms with Crippen LogP contribution in [0.1, 0.15) is 33.1 Å². The molecule has 2 unspecified atom stereocenters. The number of hydrogen-bond donors (Lipinski definition) is 0. The smallest absolute Gasteiger partial charge is 0.224 e. The van der Waals surface area contributed by atoms with Gasteiger partial charge >= 0.3 is 0 Å². The Hall–Kier alpha value is -0.120. The third-order valence-electron chi connectivity index (χ3n) is 3.03. The summed E-state index contributed by atoms with van der Waals surface area (Å²) in [7, 11) is 0. The Morgan fingerprint density at radius 2 is 1.87 bits per heavy atom. The summed E-state index contributed by atoms with van der Waals surface area (Å²) < 4.78 is 16.8. The highest BCUT2D eigenvalue weighted by atomic mass is 16.7. The van der Waals surface area contributed by atoms with Crippen LogP contribution in [0.5, 0.6) is 0 Å². The van der Waals surface area contributed by atoms with Gasteiger partial charge in [-0.3, -0.25) is 0 Å². The SMILES string of the molecule is [CH2]CC(C)(C)C[C]1OC2COCC(C2)O1. The van der Waals surface area contributed by atoms with Crippen molar-refractivity contribution in [3.05, 3.63) is 13.2 Å². The molecule has 2 aliphatic heterocycles. The maximum atomic E-state index is 5.74. The van der Waals surface area contributed by atoms with E-state index in [9.17, 15) is 0 Å². The number of hydrogen-bond acceptors (Lipinski definition) is 3. The average molecular weight is 212 g/mol. The van der Waals surface area contributed by atoms with E-state index in [1.54, 1.807) is 0 Å². The van der Waals surface area contributed by atoms with Crippen molar-refractivity contribution in [1.29, 1.82) is 0 Å². The molecule has 86 valence electrons. The highest BCUT2D eigenvalue weighted by Crippen LogP contribution is 2.36. The summed E-state index contributed by atoms with van der Waals surface area (Å²) in [5.41, 5.74) is 0.155. The Kier molecular flexibility index (Phi) is 3.33. The molecule has 2 bridgehead atoms. The highest BCUT2D eigenvalue weighted by molar-refractivity contribution is 4.87. The molecule has 3 nitrogen and oxygen atoms in total. The summed E-state index contributed by atoms with van der Waals surface area (Å²) in [6.07, 6.45) is 3.88. The Morgan fingerprint density at radius 3 is 2.40 bits per heavy atom. The fourth-order valence-electron chi connectivity index (χ4n) is 1.89. The van der Waals surface area contributed by atoms with Crippen molar-refractivity contribution in [2.45, 2.75) is 45.3 Å². The van der Waals surface area contributed by atoms with E-state index in [0.717, 1.165) is 25.6 Å². The zero-order chi connectivity index (χ0) is 10.9. The van der Waals surface area contributed by atoms with Crippen LogP contribution in [0.25, 0.3) is 0 Å². The van der Waals surface area contributed by atoms with Crippen LogP contribution in [0.15, 0.2) is 0 Å². The third-order valence-corrected chi connectivity index (χ3v) is 3.03. The van der Waals surface area contributed by atoms with Crippen molar-refractivity contribution in [1.82, 2.24) is 0 Å². The van der Waals surface area contributed by atoms with Crippen LogP contribution < -0.4 is 0 Å². The van der Waals surface area contributed by atoms with Gasteiger partial charge in [0.05, 0.1) is 25.4 Å². The molecule has 2 rings (SSSR count). The summed E-state index contributed by atoms with van der Waals surface area (Å²) in [6, 6.07) is 0. The second-order valence-corrected chi connectivity index (χ2v) is 5.22. The van der Waals surface area contributed by atoms with Crippen LogP contribution in [0.3, 0.4) is 0 Å². The first-order valence-corrected chi connectivity index (χ1v) is 5.65. The molecule has 2 heterocycles. The predicted octanol–water partition coefficient (Wildman–Crippen LogP) is 2.32. The fourth-order valence-corrected chi connectivity index (χ4v) is 1.89. The molecular formula is C12H20O3. The zero-order valence-electron chi connectivity index (χ0n) is 9.62. The molecule has 2 saturated heterocycles. The summed E-state index contributed by atoms with van der Waals surface area (Å²) in [5, 5.41) is 0. The standard InChI is InChI=1S/C12H20O3/c1-4-12(2,3)6-11-14-9-5-10(15-11)8-13-7-9/h9-10H,1,4-8H2,2-3H3. The Morgan fingerprint density at radius 1 is 1.27 bits per heavy atom. The van der Waals surface area contributed by atoms with Crippen LogP contribution in [0.2, 0.25) is 0 Å². The van der Waals surface area contributed by atoms with Crippen molar-refractivity contribution < 1.29 is 14.2 Å². The molecule has 15 heavy (non-hydrogen) atoms. The second-order valence-electron chi connectivity index (χ2n) is 5.22. The van der Waals surface area contributed by atoms with Gasteiger partial charge in [-0.2, -0.15) is 0 Å². The lowest BCUT2D eigenvalue weighted by atomic mass is 9.86. The van der Waals surface area contributed by atoms with Gasteiger partial charge in [0.2, 0.25) is 6.29 Å². The van der Waals surface area contributed by atoms with E-state index in [1.165, 1.54) is 0 Å². The second kappa shape index (κ2) is 4.40. The minimum absolute atomic E-state index is 0.155. The average Bonchev–Trinajstić information content (AvgIpc) is 2.16. The van der Waals surface area contributed by atoms with Gasteiger partial charge < -0.3 is 14.2 Å². The number of fused-ring (bicyclic) bond motifs is 2. The Labute approximate surface area is 92.1 Å². The molecule has 0 amide bonds. The molecular weight excluding hydrogens is 192 g/mol. The maximum absolute atomic E-state index is 5.74. The number of rotatable bonds is 3. The van der Waals surface area contributed by atoms with Gasteiger partial charge in [-0.1, -0.05) is 20.8 Å². The van der Waals surface area contributed by atoms with Crippen LogP contribution in [0.4, 0.5) is 0 Å². The van der Waals surface area contributed by atoms with Crippen LogP contribution in [-0.2, 0) is 14.2 Å². The summed E-state index contributed by atoms with van der Waals surface area (Å²) >= 11 is 0. The van der Waals surface area contributed by atoms with Crippen molar-refractivity contribution in [3.8, 4) is 0 Å². The van der Waals surface area contributed by atoms with Crippen molar-refractivity contribution in [3.63, 3.8) is 0 Å². The quantitative estimate of drug-likeness (QED) is 0.718. The molecule has 3 heteroatoms. The maximum Gasteiger partial charge on any atom is 0.224 e. The van der Waals surface area contributed by atoms with Gasteiger partial charge in [0.1, 0.15) is 0 Å². The Balaban J connectivity index is 1.89. The van der Waals surface area contributed by atoms with Gasteiger partial charge in [0.15, 0.2) is 0 Å². The molecule has 2 fully saturated rings. The van der Waals surface area contributed by atoms with Gasteiger partial charge in [0, 0.05) is 12.8 Å². The molecule has 2 aliphatic rings. The van der Waals surface area contributed by atoms with E-state index in [1.807, 2.05) is 0 Å². The number of ether oxygens (including phenoxy) is 3. The molecule has 2 radical (unpaired) electrons. The van der Waals surface area contributed by atoms with Crippen molar-refractivity contribution in [2.75, 3.05) is 13.2 Å². The molecule has 0 aromatic heterocycles. The molecule has 2 atom stereocenters.